The number of nitrogens with one attached hydrogen (secondary N) is 3. The number of ether oxygens (including phenoxy) is 5. The Balaban J connectivity index is 0.706. The maximum absolute atomic E-state index is 13.0. The maximum atomic E-state index is 13.0. The lowest BCUT2D eigenvalue weighted by Gasteiger charge is -2.35. The largest absolute Gasteiger partial charge is 0.445 e. The second kappa shape index (κ2) is 28.3. The SMILES string of the molecule is CCOCCOCCOCCOCCC(=O)N1CCN(CC(=O)NCC(=O)NC(C)C(=O)NCc2ccc(COC(=O)N3CCN(c4ccc5nc(-c6ccc(N7CCCC7)nc6)sc5c4)CC3)cc2)CC1. The standard InChI is InChI=1S/C51H70N10O10S/c1-3-67-26-27-69-30-31-70-29-28-68-25-14-48(64)60-19-17-57(18-20-60)36-47(63)53-35-46(62)55-38(2)49(65)54-33-39-6-8-40(9-7-39)37-71-51(66)61-23-21-58(22-24-61)42-11-12-43-44(32-42)72-50(56-43)41-10-13-45(52-34-41)59-15-4-5-16-59/h6-13,32,34,38H,3-5,14-31,33,35-37H2,1-2H3,(H,53,63)(H,54,65)(H,55,62). The van der Waals surface area contributed by atoms with Gasteiger partial charge in [-0.1, -0.05) is 24.3 Å². The van der Waals surface area contributed by atoms with Crippen LogP contribution in [0.2, 0.25) is 0 Å². The van der Waals surface area contributed by atoms with Crippen LogP contribution in [0.25, 0.3) is 20.8 Å². The van der Waals surface area contributed by atoms with Crippen molar-refractivity contribution in [1.29, 1.82) is 0 Å². The molecule has 0 bridgehead atoms. The van der Waals surface area contributed by atoms with Gasteiger partial charge < -0.3 is 59.2 Å². The molecule has 3 N–H and O–H groups in total. The summed E-state index contributed by atoms with van der Waals surface area (Å²) in [6.07, 6.45) is 4.26. The number of pyridine rings is 1. The summed E-state index contributed by atoms with van der Waals surface area (Å²) in [5.41, 5.74) is 4.72. The molecule has 3 saturated heterocycles. The molecule has 3 aliphatic rings. The molecule has 2 aromatic heterocycles. The number of thiazole rings is 1. The van der Waals surface area contributed by atoms with Crippen LogP contribution in [0.15, 0.2) is 60.8 Å². The normalized spacial score (nSPS) is 15.7. The van der Waals surface area contributed by atoms with Gasteiger partial charge in [0.25, 0.3) is 0 Å². The first-order valence-electron chi connectivity index (χ1n) is 25.1. The third-order valence-electron chi connectivity index (χ3n) is 12.6. The molecule has 0 spiro atoms. The van der Waals surface area contributed by atoms with Gasteiger partial charge in [-0.05, 0) is 68.1 Å². The molecule has 21 heteroatoms. The highest BCUT2D eigenvalue weighted by atomic mass is 32.1. The molecule has 5 amide bonds. The van der Waals surface area contributed by atoms with Crippen LogP contribution < -0.4 is 25.8 Å². The molecule has 0 aliphatic carbocycles. The predicted octanol–water partition coefficient (Wildman–Crippen LogP) is 3.28. The van der Waals surface area contributed by atoms with Crippen LogP contribution in [-0.4, -0.2) is 192 Å². The number of anilines is 2. The molecule has 5 heterocycles. The summed E-state index contributed by atoms with van der Waals surface area (Å²) in [7, 11) is 0. The van der Waals surface area contributed by atoms with Gasteiger partial charge in [-0.3, -0.25) is 24.1 Å². The lowest BCUT2D eigenvalue weighted by atomic mass is 10.1. The topological polar surface area (TPSA) is 210 Å². The van der Waals surface area contributed by atoms with Crippen LogP contribution in [-0.2, 0) is 56.0 Å². The molecule has 2 aromatic carbocycles. The fourth-order valence-electron chi connectivity index (χ4n) is 8.43. The van der Waals surface area contributed by atoms with Crippen LogP contribution in [0.4, 0.5) is 16.3 Å². The number of carbonyl (C=O) groups is 5. The average Bonchev–Trinajstić information content (AvgIpc) is 4.11. The van der Waals surface area contributed by atoms with E-state index in [0.717, 1.165) is 56.5 Å². The Bertz CT molecular complexity index is 2350. The van der Waals surface area contributed by atoms with Gasteiger partial charge in [0.15, 0.2) is 0 Å². The second-order valence-electron chi connectivity index (χ2n) is 17.8. The van der Waals surface area contributed by atoms with Gasteiger partial charge in [-0.2, -0.15) is 0 Å². The molecule has 3 aliphatic heterocycles. The van der Waals surface area contributed by atoms with E-state index in [2.05, 4.69) is 56.1 Å². The van der Waals surface area contributed by atoms with Gasteiger partial charge in [-0.25, -0.2) is 14.8 Å². The third-order valence-corrected chi connectivity index (χ3v) is 13.7. The highest BCUT2D eigenvalue weighted by Crippen LogP contribution is 2.33. The van der Waals surface area contributed by atoms with Crippen LogP contribution in [0.3, 0.4) is 0 Å². The van der Waals surface area contributed by atoms with Crippen LogP contribution in [0, 0.1) is 0 Å². The van der Waals surface area contributed by atoms with E-state index in [1.165, 1.54) is 12.8 Å². The smallest absolute Gasteiger partial charge is 0.410 e. The molecular weight excluding hydrogens is 945 g/mol. The number of hydrogen-bond donors (Lipinski definition) is 3. The summed E-state index contributed by atoms with van der Waals surface area (Å²) in [6.45, 7) is 14.2. The first-order valence-corrected chi connectivity index (χ1v) is 25.9. The van der Waals surface area contributed by atoms with Crippen molar-refractivity contribution in [3.8, 4) is 10.6 Å². The van der Waals surface area contributed by atoms with Gasteiger partial charge in [0.1, 0.15) is 23.5 Å². The molecule has 1 atom stereocenters. The number of amides is 5. The lowest BCUT2D eigenvalue weighted by molar-refractivity contribution is -0.134. The van der Waals surface area contributed by atoms with E-state index in [0.29, 0.717) is 105 Å². The van der Waals surface area contributed by atoms with E-state index in [1.807, 2.05) is 42.3 Å². The van der Waals surface area contributed by atoms with Crippen LogP contribution in [0.5, 0.6) is 0 Å². The molecule has 390 valence electrons. The van der Waals surface area contributed by atoms with Crippen LogP contribution >= 0.6 is 11.3 Å². The summed E-state index contributed by atoms with van der Waals surface area (Å²) in [6, 6.07) is 17.1. The van der Waals surface area contributed by atoms with Gasteiger partial charge >= 0.3 is 6.09 Å². The Kier molecular flexibility index (Phi) is 21.2. The molecule has 7 rings (SSSR count). The second-order valence-corrected chi connectivity index (χ2v) is 18.9. The van der Waals surface area contributed by atoms with E-state index in [1.54, 1.807) is 28.1 Å². The molecule has 4 aromatic rings. The Labute approximate surface area is 425 Å². The quantitative estimate of drug-likeness (QED) is 0.0772. The zero-order valence-corrected chi connectivity index (χ0v) is 42.5. The van der Waals surface area contributed by atoms with Crippen molar-refractivity contribution in [3.05, 3.63) is 71.9 Å². The van der Waals surface area contributed by atoms with Crippen LogP contribution in [0.1, 0.15) is 44.2 Å². The minimum atomic E-state index is -0.831. The van der Waals surface area contributed by atoms with Crippen molar-refractivity contribution in [3.63, 3.8) is 0 Å². The maximum Gasteiger partial charge on any atom is 0.410 e. The number of fused-ring (bicyclic) bond motifs is 1. The molecule has 3 fully saturated rings. The Hall–Kier alpha value is -5.97. The van der Waals surface area contributed by atoms with E-state index < -0.39 is 11.9 Å². The van der Waals surface area contributed by atoms with Gasteiger partial charge in [-0.15, -0.1) is 11.3 Å². The van der Waals surface area contributed by atoms with Crippen molar-refractivity contribution >= 4 is 62.8 Å². The minimum absolute atomic E-state index is 0.00246. The summed E-state index contributed by atoms with van der Waals surface area (Å²) >= 11 is 1.66. The minimum Gasteiger partial charge on any atom is -0.445 e. The fourth-order valence-corrected chi connectivity index (χ4v) is 9.42. The summed E-state index contributed by atoms with van der Waals surface area (Å²) < 4.78 is 28.4. The van der Waals surface area contributed by atoms with Crippen molar-refractivity contribution in [2.75, 3.05) is 141 Å². The molecule has 0 radical (unpaired) electrons. The number of benzene rings is 2. The number of nitrogens with zero attached hydrogens (tertiary/aromatic N) is 7. The predicted molar refractivity (Wildman–Crippen MR) is 274 cm³/mol. The number of aromatic nitrogens is 2. The summed E-state index contributed by atoms with van der Waals surface area (Å²) in [5, 5.41) is 9.01. The molecule has 72 heavy (non-hydrogen) atoms. The monoisotopic (exact) mass is 1010 g/mol. The molecule has 1 unspecified atom stereocenters. The lowest BCUT2D eigenvalue weighted by Crippen LogP contribution is -2.52. The van der Waals surface area contributed by atoms with Crippen molar-refractivity contribution in [1.82, 2.24) is 40.6 Å². The zero-order chi connectivity index (χ0) is 50.5. The van der Waals surface area contributed by atoms with Crippen molar-refractivity contribution < 1.29 is 47.7 Å². The van der Waals surface area contributed by atoms with Gasteiger partial charge in [0, 0.05) is 96.0 Å². The number of hydrogen-bond acceptors (Lipinski definition) is 16. The highest BCUT2D eigenvalue weighted by molar-refractivity contribution is 7.21. The van der Waals surface area contributed by atoms with E-state index in [-0.39, 0.29) is 56.5 Å². The van der Waals surface area contributed by atoms with E-state index in [4.69, 9.17) is 33.7 Å². The molecule has 20 nitrogen and oxygen atoms in total. The first kappa shape index (κ1) is 53.8. The van der Waals surface area contributed by atoms with Crippen molar-refractivity contribution in [2.45, 2.75) is 52.3 Å². The van der Waals surface area contributed by atoms with E-state index in [9.17, 15) is 24.0 Å². The zero-order valence-electron chi connectivity index (χ0n) is 41.6. The molecular formula is C51H70N10O10S. The van der Waals surface area contributed by atoms with Crippen molar-refractivity contribution in [2.24, 2.45) is 0 Å². The Morgan fingerprint density at radius 2 is 1.36 bits per heavy atom. The third kappa shape index (κ3) is 16.8. The summed E-state index contributed by atoms with van der Waals surface area (Å²) in [4.78, 5) is 83.2. The van der Waals surface area contributed by atoms with Gasteiger partial charge in [0.05, 0.1) is 76.0 Å². The molecule has 0 saturated carbocycles. The highest BCUT2D eigenvalue weighted by Gasteiger charge is 2.25. The average molecular weight is 1020 g/mol. The van der Waals surface area contributed by atoms with Gasteiger partial charge in [0.2, 0.25) is 23.6 Å². The van der Waals surface area contributed by atoms with E-state index >= 15 is 0 Å². The Morgan fingerprint density at radius 1 is 0.694 bits per heavy atom. The number of rotatable bonds is 26. The fraction of sp³-hybridized carbons (Fsp3) is 0.549. The Morgan fingerprint density at radius 3 is 2.04 bits per heavy atom. The number of carbonyl (C=O) groups excluding carboxylic acids is 5. The summed E-state index contributed by atoms with van der Waals surface area (Å²) in [5.74, 6) is -0.170. The first-order chi connectivity index (χ1) is 35.1. The number of piperazine rings is 2.